The minimum atomic E-state index is 0.499. The number of benzene rings is 4. The summed E-state index contributed by atoms with van der Waals surface area (Å²) in [6.45, 7) is 0. The minimum Gasteiger partial charge on any atom is -0.439 e. The lowest BCUT2D eigenvalue weighted by Crippen LogP contribution is -1.96. The van der Waals surface area contributed by atoms with E-state index >= 15 is 0 Å². The topological polar surface area (TPSA) is 47.3 Å². The Morgan fingerprint density at radius 3 is 2.10 bits per heavy atom. The zero-order chi connectivity index (χ0) is 20.6. The van der Waals surface area contributed by atoms with Gasteiger partial charge in [-0.25, -0.2) is 4.98 Å². The van der Waals surface area contributed by atoms with Gasteiger partial charge in [0.25, 0.3) is 0 Å². The number of hydrogen-bond acceptors (Lipinski definition) is 4. The third kappa shape index (κ3) is 3.34. The molecule has 1 aliphatic rings. The Kier molecular flexibility index (Phi) is 4.06. The van der Waals surface area contributed by atoms with Crippen LogP contribution in [0.15, 0.2) is 107 Å². The molecule has 4 heteroatoms. The molecule has 1 aliphatic heterocycles. The maximum absolute atomic E-state index is 5.94. The molecule has 1 aromatic heterocycles. The number of nitrogens with zero attached hydrogens (tertiary/aromatic N) is 1. The lowest BCUT2D eigenvalue weighted by molar-refractivity contribution is 0.459. The number of hydrogen-bond donors (Lipinski definition) is 1. The average molecular weight is 402 g/mol. The zero-order valence-corrected chi connectivity index (χ0v) is 16.6. The molecule has 6 rings (SSSR count). The molecule has 0 radical (unpaired) electrons. The predicted molar refractivity (Wildman–Crippen MR) is 124 cm³/mol. The predicted octanol–water partition coefficient (Wildman–Crippen LogP) is 6.96. The zero-order valence-electron chi connectivity index (χ0n) is 16.6. The van der Waals surface area contributed by atoms with Crippen LogP contribution in [-0.2, 0) is 0 Å². The van der Waals surface area contributed by atoms with E-state index in [0.29, 0.717) is 11.8 Å². The highest BCUT2D eigenvalue weighted by atomic mass is 16.5. The Morgan fingerprint density at radius 1 is 0.677 bits per heavy atom. The molecule has 31 heavy (non-hydrogen) atoms. The summed E-state index contributed by atoms with van der Waals surface area (Å²) in [6, 6.07) is 32.7. The Balaban J connectivity index is 1.28. The molecule has 0 spiro atoms. The van der Waals surface area contributed by atoms with E-state index in [9.17, 15) is 0 Å². The molecular formula is C27H18N2O2. The number of nitrogens with one attached hydrogen (secondary N) is 1. The molecule has 0 fully saturated rings. The van der Waals surface area contributed by atoms with E-state index in [2.05, 4.69) is 46.7 Å². The van der Waals surface area contributed by atoms with Crippen LogP contribution in [0.3, 0.4) is 0 Å². The fraction of sp³-hybridized carbons (Fsp3) is 0. The first-order chi connectivity index (χ1) is 15.3. The molecule has 5 aromatic rings. The second-order valence-corrected chi connectivity index (χ2v) is 7.41. The number of anilines is 1. The van der Waals surface area contributed by atoms with Crippen LogP contribution in [0.4, 0.5) is 5.69 Å². The van der Waals surface area contributed by atoms with Gasteiger partial charge in [-0.2, -0.15) is 0 Å². The third-order valence-electron chi connectivity index (χ3n) is 5.33. The van der Waals surface area contributed by atoms with E-state index in [1.165, 1.54) is 0 Å². The van der Waals surface area contributed by atoms with Crippen LogP contribution in [0, 0.1) is 0 Å². The fourth-order valence-electron chi connectivity index (χ4n) is 3.80. The number of oxazole rings is 1. The summed E-state index contributed by atoms with van der Waals surface area (Å²) in [7, 11) is 0. The van der Waals surface area contributed by atoms with Crippen molar-refractivity contribution in [1.29, 1.82) is 0 Å². The van der Waals surface area contributed by atoms with Gasteiger partial charge >= 0.3 is 0 Å². The first-order valence-corrected chi connectivity index (χ1v) is 10.1. The molecule has 0 saturated carbocycles. The molecule has 0 amide bonds. The smallest absolute Gasteiger partial charge is 0.225 e. The molecule has 148 valence electrons. The van der Waals surface area contributed by atoms with Crippen molar-refractivity contribution in [3.8, 4) is 28.0 Å². The van der Waals surface area contributed by atoms with Crippen LogP contribution >= 0.6 is 0 Å². The van der Waals surface area contributed by atoms with Gasteiger partial charge in [0.15, 0.2) is 11.3 Å². The Labute approximate surface area is 179 Å². The minimum absolute atomic E-state index is 0.499. The second-order valence-electron chi connectivity index (χ2n) is 7.41. The van der Waals surface area contributed by atoms with Gasteiger partial charge in [-0.3, -0.25) is 0 Å². The monoisotopic (exact) mass is 402 g/mol. The lowest BCUT2D eigenvalue weighted by atomic mass is 10.1. The van der Waals surface area contributed by atoms with Gasteiger partial charge < -0.3 is 14.5 Å². The van der Waals surface area contributed by atoms with E-state index in [4.69, 9.17) is 9.15 Å². The number of ether oxygens (including phenoxy) is 1. The summed E-state index contributed by atoms with van der Waals surface area (Å²) < 4.78 is 11.8. The third-order valence-corrected chi connectivity index (χ3v) is 5.33. The Hall–Kier alpha value is -4.31. The van der Waals surface area contributed by atoms with Crippen LogP contribution in [0.2, 0.25) is 0 Å². The molecule has 2 heterocycles. The lowest BCUT2D eigenvalue weighted by Gasteiger charge is -2.03. The van der Waals surface area contributed by atoms with E-state index in [1.807, 2.05) is 60.7 Å². The fourth-order valence-corrected chi connectivity index (χ4v) is 3.80. The molecule has 4 nitrogen and oxygen atoms in total. The SMILES string of the molecule is C(=C1\Nc2cc(-c3ccccc3)ccc2O1)/c1nc2cc(-c3ccccc3)ccc2o1. The Bertz CT molecular complexity index is 1420. The molecule has 0 saturated heterocycles. The van der Waals surface area contributed by atoms with E-state index in [0.717, 1.165) is 44.8 Å². The highest BCUT2D eigenvalue weighted by molar-refractivity contribution is 5.82. The maximum Gasteiger partial charge on any atom is 0.225 e. The highest BCUT2D eigenvalue weighted by Crippen LogP contribution is 2.37. The van der Waals surface area contributed by atoms with Crippen molar-refractivity contribution in [3.63, 3.8) is 0 Å². The van der Waals surface area contributed by atoms with Crippen molar-refractivity contribution in [2.24, 2.45) is 0 Å². The first-order valence-electron chi connectivity index (χ1n) is 10.1. The van der Waals surface area contributed by atoms with E-state index < -0.39 is 0 Å². The van der Waals surface area contributed by atoms with Crippen molar-refractivity contribution in [2.75, 3.05) is 5.32 Å². The van der Waals surface area contributed by atoms with Gasteiger partial charge in [-0.15, -0.1) is 0 Å². The maximum atomic E-state index is 5.94. The molecular weight excluding hydrogens is 384 g/mol. The van der Waals surface area contributed by atoms with Crippen molar-refractivity contribution < 1.29 is 9.15 Å². The van der Waals surface area contributed by atoms with Crippen LogP contribution in [0.5, 0.6) is 5.75 Å². The summed E-state index contributed by atoms with van der Waals surface area (Å²) >= 11 is 0. The molecule has 0 unspecified atom stereocenters. The van der Waals surface area contributed by atoms with Crippen LogP contribution in [-0.4, -0.2) is 4.98 Å². The molecule has 1 N–H and O–H groups in total. The van der Waals surface area contributed by atoms with E-state index in [-0.39, 0.29) is 0 Å². The second kappa shape index (κ2) is 7.18. The van der Waals surface area contributed by atoms with Crippen molar-refractivity contribution >= 4 is 22.9 Å². The summed E-state index contributed by atoms with van der Waals surface area (Å²) in [4.78, 5) is 4.63. The number of rotatable bonds is 3. The van der Waals surface area contributed by atoms with Crippen molar-refractivity contribution in [1.82, 2.24) is 4.98 Å². The van der Waals surface area contributed by atoms with E-state index in [1.54, 1.807) is 6.08 Å². The normalized spacial score (nSPS) is 13.7. The summed E-state index contributed by atoms with van der Waals surface area (Å²) in [5, 5.41) is 3.31. The van der Waals surface area contributed by atoms with Gasteiger partial charge in [0.1, 0.15) is 5.52 Å². The average Bonchev–Trinajstić information content (AvgIpc) is 3.42. The molecule has 0 bridgehead atoms. The highest BCUT2D eigenvalue weighted by Gasteiger charge is 2.18. The van der Waals surface area contributed by atoms with Crippen LogP contribution in [0.1, 0.15) is 5.89 Å². The van der Waals surface area contributed by atoms with Crippen molar-refractivity contribution in [2.45, 2.75) is 0 Å². The van der Waals surface area contributed by atoms with Gasteiger partial charge in [-0.05, 0) is 46.5 Å². The first kappa shape index (κ1) is 17.5. The van der Waals surface area contributed by atoms with Gasteiger partial charge in [0, 0.05) is 0 Å². The summed E-state index contributed by atoms with van der Waals surface area (Å²) in [5.41, 5.74) is 7.04. The van der Waals surface area contributed by atoms with Gasteiger partial charge in [-0.1, -0.05) is 72.8 Å². The molecule has 0 atom stereocenters. The molecule has 4 aromatic carbocycles. The Morgan fingerprint density at radius 2 is 1.35 bits per heavy atom. The summed E-state index contributed by atoms with van der Waals surface area (Å²) in [5.74, 6) is 1.88. The summed E-state index contributed by atoms with van der Waals surface area (Å²) in [6.07, 6.45) is 1.78. The van der Waals surface area contributed by atoms with Gasteiger partial charge in [0.2, 0.25) is 11.8 Å². The standard InChI is InChI=1S/C27H18N2O2/c1-3-7-18(8-4-1)20-11-13-24-22(15-20)28-26(30-24)17-27-29-23-16-21(12-14-25(23)31-27)19-9-5-2-6-10-19/h1-17,28H/b26-17-. The number of fused-ring (bicyclic) bond motifs is 2. The van der Waals surface area contributed by atoms with Crippen LogP contribution < -0.4 is 10.1 Å². The quantitative estimate of drug-likeness (QED) is 0.354. The van der Waals surface area contributed by atoms with Gasteiger partial charge in [0.05, 0.1) is 11.8 Å². The van der Waals surface area contributed by atoms with Crippen molar-refractivity contribution in [3.05, 3.63) is 109 Å². The van der Waals surface area contributed by atoms with Crippen LogP contribution in [0.25, 0.3) is 39.4 Å². The largest absolute Gasteiger partial charge is 0.439 e. The molecule has 0 aliphatic carbocycles. The number of aromatic nitrogens is 1.